The van der Waals surface area contributed by atoms with Gasteiger partial charge in [0.1, 0.15) is 0 Å². The van der Waals surface area contributed by atoms with Crippen LogP contribution in [-0.2, 0) is 13.6 Å². The summed E-state index contributed by atoms with van der Waals surface area (Å²) in [5, 5.41) is 5.31. The van der Waals surface area contributed by atoms with Crippen LogP contribution in [-0.4, -0.2) is 61.6 Å². The van der Waals surface area contributed by atoms with Crippen LogP contribution in [0.4, 0.5) is 0 Å². The van der Waals surface area contributed by atoms with Gasteiger partial charge in [-0.2, -0.15) is 5.10 Å². The summed E-state index contributed by atoms with van der Waals surface area (Å²) in [4.78, 5) is 26.3. The fourth-order valence-corrected chi connectivity index (χ4v) is 3.77. The standard InChI is InChI=1S/C20H24N6O/c1-14-11-17(18-15(2)23-24(3)19(18)22-14)20(27)26-9-7-25(8-10-26)13-16-5-4-6-21-12-16/h4-6,11-12H,7-10,13H2,1-3H3. The number of pyridine rings is 2. The first kappa shape index (κ1) is 17.6. The molecule has 0 radical (unpaired) electrons. The average Bonchev–Trinajstić information content (AvgIpc) is 2.96. The lowest BCUT2D eigenvalue weighted by molar-refractivity contribution is 0.0630. The molecule has 3 aromatic rings. The predicted octanol–water partition coefficient (Wildman–Crippen LogP) is 1.94. The fourth-order valence-electron chi connectivity index (χ4n) is 3.77. The van der Waals surface area contributed by atoms with E-state index in [1.807, 2.05) is 44.1 Å². The molecule has 0 saturated carbocycles. The molecule has 3 aromatic heterocycles. The summed E-state index contributed by atoms with van der Waals surface area (Å²) < 4.78 is 1.75. The smallest absolute Gasteiger partial charge is 0.254 e. The second-order valence-electron chi connectivity index (χ2n) is 7.15. The third-order valence-electron chi connectivity index (χ3n) is 5.12. The van der Waals surface area contributed by atoms with Gasteiger partial charge in [-0.05, 0) is 31.5 Å². The molecule has 0 aliphatic carbocycles. The van der Waals surface area contributed by atoms with Crippen LogP contribution in [0.3, 0.4) is 0 Å². The topological polar surface area (TPSA) is 67.2 Å². The average molecular weight is 364 g/mol. The van der Waals surface area contributed by atoms with Crippen LogP contribution in [0, 0.1) is 13.8 Å². The first-order valence-corrected chi connectivity index (χ1v) is 9.24. The first-order chi connectivity index (χ1) is 13.0. The van der Waals surface area contributed by atoms with Gasteiger partial charge in [0.05, 0.1) is 16.6 Å². The van der Waals surface area contributed by atoms with Gasteiger partial charge >= 0.3 is 0 Å². The number of nitrogens with zero attached hydrogens (tertiary/aromatic N) is 6. The van der Waals surface area contributed by atoms with Crippen LogP contribution in [0.2, 0.25) is 0 Å². The molecule has 140 valence electrons. The van der Waals surface area contributed by atoms with Crippen molar-refractivity contribution in [3.05, 3.63) is 53.1 Å². The Morgan fingerprint density at radius 3 is 2.67 bits per heavy atom. The third kappa shape index (κ3) is 3.42. The summed E-state index contributed by atoms with van der Waals surface area (Å²) in [5.41, 5.74) is 4.37. The number of aryl methyl sites for hydroxylation is 3. The van der Waals surface area contributed by atoms with E-state index >= 15 is 0 Å². The third-order valence-corrected chi connectivity index (χ3v) is 5.12. The minimum absolute atomic E-state index is 0.0719. The van der Waals surface area contributed by atoms with Gasteiger partial charge in [-0.3, -0.25) is 19.4 Å². The number of piperazine rings is 1. The Bertz CT molecular complexity index is 973. The number of hydrogen-bond donors (Lipinski definition) is 0. The monoisotopic (exact) mass is 364 g/mol. The summed E-state index contributed by atoms with van der Waals surface area (Å²) in [6, 6.07) is 5.94. The highest BCUT2D eigenvalue weighted by atomic mass is 16.2. The van der Waals surface area contributed by atoms with Crippen molar-refractivity contribution in [1.82, 2.24) is 29.5 Å². The summed E-state index contributed by atoms with van der Waals surface area (Å²) in [7, 11) is 1.87. The molecule has 0 bridgehead atoms. The number of carbonyl (C=O) groups excluding carboxylic acids is 1. The van der Waals surface area contributed by atoms with Crippen LogP contribution in [0.5, 0.6) is 0 Å². The zero-order valence-electron chi connectivity index (χ0n) is 16.0. The molecule has 7 heteroatoms. The maximum absolute atomic E-state index is 13.2. The zero-order valence-corrected chi connectivity index (χ0v) is 16.0. The lowest BCUT2D eigenvalue weighted by atomic mass is 10.1. The molecular formula is C20H24N6O. The van der Waals surface area contributed by atoms with Crippen molar-refractivity contribution in [2.24, 2.45) is 7.05 Å². The van der Waals surface area contributed by atoms with Gasteiger partial charge in [-0.15, -0.1) is 0 Å². The molecule has 0 atom stereocenters. The first-order valence-electron chi connectivity index (χ1n) is 9.24. The minimum atomic E-state index is 0.0719. The van der Waals surface area contributed by atoms with E-state index in [0.29, 0.717) is 5.56 Å². The summed E-state index contributed by atoms with van der Waals surface area (Å²) in [6.07, 6.45) is 3.69. The normalized spacial score (nSPS) is 15.4. The van der Waals surface area contributed by atoms with Crippen molar-refractivity contribution >= 4 is 16.9 Å². The molecule has 0 spiro atoms. The van der Waals surface area contributed by atoms with Gasteiger partial charge in [-0.25, -0.2) is 4.98 Å². The highest BCUT2D eigenvalue weighted by molar-refractivity contribution is 6.06. The van der Waals surface area contributed by atoms with Crippen LogP contribution in [0.15, 0.2) is 30.6 Å². The van der Waals surface area contributed by atoms with Crippen molar-refractivity contribution in [1.29, 1.82) is 0 Å². The van der Waals surface area contributed by atoms with E-state index in [2.05, 4.69) is 26.0 Å². The molecule has 1 saturated heterocycles. The number of aromatic nitrogens is 4. The van der Waals surface area contributed by atoms with Gasteiger partial charge in [-0.1, -0.05) is 6.07 Å². The Labute approximate surface area is 158 Å². The Kier molecular flexibility index (Phi) is 4.61. The van der Waals surface area contributed by atoms with E-state index in [0.717, 1.165) is 55.1 Å². The van der Waals surface area contributed by atoms with Crippen LogP contribution in [0.1, 0.15) is 27.3 Å². The summed E-state index contributed by atoms with van der Waals surface area (Å²) in [6.45, 7) is 7.89. The fraction of sp³-hybridized carbons (Fsp3) is 0.400. The number of amides is 1. The molecule has 7 nitrogen and oxygen atoms in total. The molecule has 1 amide bonds. The largest absolute Gasteiger partial charge is 0.336 e. The van der Waals surface area contributed by atoms with Crippen molar-refractivity contribution in [2.45, 2.75) is 20.4 Å². The second kappa shape index (κ2) is 7.08. The number of fused-ring (bicyclic) bond motifs is 1. The van der Waals surface area contributed by atoms with Gasteiger partial charge in [0.15, 0.2) is 5.65 Å². The highest BCUT2D eigenvalue weighted by Crippen LogP contribution is 2.23. The SMILES string of the molecule is Cc1cc(C(=O)N2CCN(Cc3cccnc3)CC2)c2c(C)nn(C)c2n1. The molecule has 1 fully saturated rings. The van der Waals surface area contributed by atoms with Gasteiger partial charge in [0.2, 0.25) is 0 Å². The number of hydrogen-bond acceptors (Lipinski definition) is 5. The van der Waals surface area contributed by atoms with Crippen molar-refractivity contribution in [2.75, 3.05) is 26.2 Å². The minimum Gasteiger partial charge on any atom is -0.336 e. The van der Waals surface area contributed by atoms with Crippen molar-refractivity contribution in [3.63, 3.8) is 0 Å². The second-order valence-corrected chi connectivity index (χ2v) is 7.15. The van der Waals surface area contributed by atoms with E-state index in [1.54, 1.807) is 10.9 Å². The molecule has 27 heavy (non-hydrogen) atoms. The van der Waals surface area contributed by atoms with Gasteiger partial charge in [0, 0.05) is 57.9 Å². The number of rotatable bonds is 3. The quantitative estimate of drug-likeness (QED) is 0.710. The molecule has 4 rings (SSSR count). The summed E-state index contributed by atoms with van der Waals surface area (Å²) >= 11 is 0. The van der Waals surface area contributed by atoms with Crippen LogP contribution >= 0.6 is 0 Å². The van der Waals surface area contributed by atoms with Crippen LogP contribution in [0.25, 0.3) is 11.0 Å². The molecule has 1 aliphatic heterocycles. The molecule has 1 aliphatic rings. The number of carbonyl (C=O) groups is 1. The summed E-state index contributed by atoms with van der Waals surface area (Å²) in [5.74, 6) is 0.0719. The lowest BCUT2D eigenvalue weighted by Gasteiger charge is -2.34. The van der Waals surface area contributed by atoms with Gasteiger partial charge in [0.25, 0.3) is 5.91 Å². The maximum Gasteiger partial charge on any atom is 0.254 e. The van der Waals surface area contributed by atoms with Crippen molar-refractivity contribution in [3.8, 4) is 0 Å². The Hall–Kier alpha value is -2.80. The van der Waals surface area contributed by atoms with Gasteiger partial charge < -0.3 is 4.90 Å². The highest BCUT2D eigenvalue weighted by Gasteiger charge is 2.25. The maximum atomic E-state index is 13.2. The molecule has 0 N–H and O–H groups in total. The van der Waals surface area contributed by atoms with E-state index in [9.17, 15) is 4.79 Å². The van der Waals surface area contributed by atoms with E-state index in [-0.39, 0.29) is 5.91 Å². The molecule has 0 unspecified atom stereocenters. The molecule has 4 heterocycles. The zero-order chi connectivity index (χ0) is 19.0. The predicted molar refractivity (Wildman–Crippen MR) is 103 cm³/mol. The Morgan fingerprint density at radius 1 is 1.19 bits per heavy atom. The van der Waals surface area contributed by atoms with E-state index in [1.165, 1.54) is 5.56 Å². The van der Waals surface area contributed by atoms with Crippen molar-refractivity contribution < 1.29 is 4.79 Å². The lowest BCUT2D eigenvalue weighted by Crippen LogP contribution is -2.48. The molecular weight excluding hydrogens is 340 g/mol. The Balaban J connectivity index is 1.51. The van der Waals surface area contributed by atoms with Crippen LogP contribution < -0.4 is 0 Å². The van der Waals surface area contributed by atoms with E-state index < -0.39 is 0 Å². The van der Waals surface area contributed by atoms with E-state index in [4.69, 9.17) is 0 Å². The Morgan fingerprint density at radius 2 is 1.96 bits per heavy atom. The molecule has 0 aromatic carbocycles.